The van der Waals surface area contributed by atoms with Crippen LogP contribution in [0.5, 0.6) is 0 Å². The van der Waals surface area contributed by atoms with E-state index in [9.17, 15) is 9.59 Å². The van der Waals surface area contributed by atoms with Crippen LogP contribution in [0.3, 0.4) is 0 Å². The largest absolute Gasteiger partial charge is 0.478 e. The van der Waals surface area contributed by atoms with E-state index in [1.165, 1.54) is 12.1 Å². The molecule has 0 atom stereocenters. The topological polar surface area (TPSA) is 125 Å². The zero-order valence-electron chi connectivity index (χ0n) is 12.6. The van der Waals surface area contributed by atoms with Gasteiger partial charge in [-0.15, -0.1) is 0 Å². The maximum atomic E-state index is 11.1. The summed E-state index contributed by atoms with van der Waals surface area (Å²) < 4.78 is 0. The highest BCUT2D eigenvalue weighted by molar-refractivity contribution is 5.95. The average molecular weight is 313 g/mol. The van der Waals surface area contributed by atoms with Crippen molar-refractivity contribution < 1.29 is 19.8 Å². The van der Waals surface area contributed by atoms with Crippen LogP contribution in [0.15, 0.2) is 40.6 Å². The first-order chi connectivity index (χ1) is 10.8. The summed E-state index contributed by atoms with van der Waals surface area (Å²) >= 11 is 0. The molecule has 0 saturated carbocycles. The van der Waals surface area contributed by atoms with Crippen LogP contribution in [0.1, 0.15) is 31.8 Å². The summed E-state index contributed by atoms with van der Waals surface area (Å²) in [5, 5.41) is 26.2. The number of azo groups is 1. The Morgan fingerprint density at radius 3 is 1.78 bits per heavy atom. The minimum absolute atomic E-state index is 0.151. The maximum absolute atomic E-state index is 11.1. The van der Waals surface area contributed by atoms with Gasteiger partial charge in [0.15, 0.2) is 0 Å². The number of carboxylic acids is 2. The molecule has 0 aromatic heterocycles. The van der Waals surface area contributed by atoms with E-state index in [0.29, 0.717) is 11.4 Å². The molecule has 0 fully saturated rings. The molecule has 0 saturated heterocycles. The Kier molecular flexibility index (Phi) is 4.40. The van der Waals surface area contributed by atoms with E-state index in [1.807, 2.05) is 13.8 Å². The first kappa shape index (κ1) is 16.2. The van der Waals surface area contributed by atoms with E-state index in [0.717, 1.165) is 17.2 Å². The minimum atomic E-state index is -1.23. The lowest BCUT2D eigenvalue weighted by Crippen LogP contribution is -2.01. The number of benzene rings is 2. The van der Waals surface area contributed by atoms with Crippen molar-refractivity contribution in [2.45, 2.75) is 13.8 Å². The van der Waals surface area contributed by atoms with E-state index < -0.39 is 11.9 Å². The van der Waals surface area contributed by atoms with Gasteiger partial charge in [-0.3, -0.25) is 0 Å². The first-order valence-corrected chi connectivity index (χ1v) is 6.68. The number of hydrogen-bond donors (Lipinski definition) is 3. The molecule has 4 N–H and O–H groups in total. The van der Waals surface area contributed by atoms with Crippen LogP contribution in [0, 0.1) is 13.8 Å². The molecule has 2 rings (SSSR count). The summed E-state index contributed by atoms with van der Waals surface area (Å²) in [4.78, 5) is 22.1. The fourth-order valence-corrected chi connectivity index (χ4v) is 2.17. The first-order valence-electron chi connectivity index (χ1n) is 6.68. The Hall–Kier alpha value is -3.22. The van der Waals surface area contributed by atoms with Crippen LogP contribution in [0.2, 0.25) is 0 Å². The highest BCUT2D eigenvalue weighted by Gasteiger charge is 2.11. The summed E-state index contributed by atoms with van der Waals surface area (Å²) in [7, 11) is 0. The lowest BCUT2D eigenvalue weighted by molar-refractivity contribution is 0.0696. The zero-order chi connectivity index (χ0) is 17.1. The Labute approximate surface area is 132 Å². The molecule has 0 aliphatic heterocycles. The highest BCUT2D eigenvalue weighted by atomic mass is 16.4. The summed E-state index contributed by atoms with van der Waals surface area (Å²) in [5.74, 6) is -2.46. The van der Waals surface area contributed by atoms with Gasteiger partial charge < -0.3 is 15.9 Å². The number of hydrogen-bond acceptors (Lipinski definition) is 5. The monoisotopic (exact) mass is 313 g/mol. The number of carbonyl (C=O) groups is 2. The zero-order valence-corrected chi connectivity index (χ0v) is 12.6. The predicted octanol–water partition coefficient (Wildman–Crippen LogP) is 3.70. The molecule has 0 heterocycles. The molecule has 7 heteroatoms. The van der Waals surface area contributed by atoms with Crippen molar-refractivity contribution in [3.63, 3.8) is 0 Å². The van der Waals surface area contributed by atoms with E-state index in [2.05, 4.69) is 10.2 Å². The van der Waals surface area contributed by atoms with E-state index in [1.54, 1.807) is 12.1 Å². The second kappa shape index (κ2) is 6.27. The fourth-order valence-electron chi connectivity index (χ4n) is 2.17. The van der Waals surface area contributed by atoms with E-state index >= 15 is 0 Å². The number of aromatic carboxylic acids is 2. The molecule has 0 aliphatic rings. The van der Waals surface area contributed by atoms with Crippen molar-refractivity contribution >= 4 is 29.0 Å². The molecule has 2 aromatic carbocycles. The second-order valence-electron chi connectivity index (χ2n) is 5.08. The van der Waals surface area contributed by atoms with Gasteiger partial charge in [-0.2, -0.15) is 10.2 Å². The molecule has 118 valence electrons. The van der Waals surface area contributed by atoms with Gasteiger partial charge in [-0.1, -0.05) is 0 Å². The summed E-state index contributed by atoms with van der Waals surface area (Å²) in [6, 6.07) is 7.10. The van der Waals surface area contributed by atoms with Gasteiger partial charge in [0.1, 0.15) is 0 Å². The van der Waals surface area contributed by atoms with Crippen molar-refractivity contribution in [2.75, 3.05) is 5.73 Å². The number of nitrogens with two attached hydrogens (primary N) is 1. The molecule has 0 aliphatic carbocycles. The molecule has 0 unspecified atom stereocenters. The fraction of sp³-hybridized carbons (Fsp3) is 0.125. The molecule has 0 radical (unpaired) electrons. The number of anilines is 1. The van der Waals surface area contributed by atoms with E-state index in [4.69, 9.17) is 15.9 Å². The number of rotatable bonds is 4. The second-order valence-corrected chi connectivity index (χ2v) is 5.08. The summed E-state index contributed by atoms with van der Waals surface area (Å²) in [6.07, 6.45) is 0. The molecule has 2 aromatic rings. The normalized spacial score (nSPS) is 10.9. The van der Waals surface area contributed by atoms with Crippen LogP contribution in [-0.2, 0) is 0 Å². The number of aryl methyl sites for hydroxylation is 2. The van der Waals surface area contributed by atoms with Crippen LogP contribution >= 0.6 is 0 Å². The van der Waals surface area contributed by atoms with Gasteiger partial charge in [-0.25, -0.2) is 9.59 Å². The molecular formula is C16H15N3O4. The number of nitrogens with zero attached hydrogens (tertiary/aromatic N) is 2. The lowest BCUT2D eigenvalue weighted by Gasteiger charge is -2.05. The Balaban J connectivity index is 2.47. The minimum Gasteiger partial charge on any atom is -0.478 e. The highest BCUT2D eigenvalue weighted by Crippen LogP contribution is 2.28. The van der Waals surface area contributed by atoms with Gasteiger partial charge in [0.25, 0.3) is 0 Å². The van der Waals surface area contributed by atoms with Crippen molar-refractivity contribution in [3.8, 4) is 0 Å². The maximum Gasteiger partial charge on any atom is 0.335 e. The van der Waals surface area contributed by atoms with E-state index in [-0.39, 0.29) is 16.8 Å². The smallest absolute Gasteiger partial charge is 0.335 e. The number of nitrogen functional groups attached to an aromatic ring is 1. The third kappa shape index (κ3) is 3.70. The van der Waals surface area contributed by atoms with Crippen molar-refractivity contribution in [3.05, 3.63) is 52.6 Å². The molecule has 0 spiro atoms. The van der Waals surface area contributed by atoms with Gasteiger partial charge >= 0.3 is 11.9 Å². The molecule has 7 nitrogen and oxygen atoms in total. The Morgan fingerprint density at radius 1 is 0.870 bits per heavy atom. The summed E-state index contributed by atoms with van der Waals surface area (Å²) in [6.45, 7) is 3.65. The molecular weight excluding hydrogens is 298 g/mol. The Bertz CT molecular complexity index is 773. The molecule has 23 heavy (non-hydrogen) atoms. The van der Waals surface area contributed by atoms with Crippen LogP contribution in [0.25, 0.3) is 0 Å². The van der Waals surface area contributed by atoms with Crippen LogP contribution in [0.4, 0.5) is 17.1 Å². The molecule has 0 amide bonds. The van der Waals surface area contributed by atoms with Gasteiger partial charge in [0.2, 0.25) is 0 Å². The standard InChI is InChI=1S/C16H15N3O4/c1-8-3-12(17)4-9(2)14(8)19-18-13-6-10(15(20)21)5-11(7-13)16(22)23/h3-7H,17H2,1-2H3,(H,20,21)(H,22,23)/b19-18+. The molecule has 0 bridgehead atoms. The van der Waals surface area contributed by atoms with Crippen LogP contribution in [-0.4, -0.2) is 22.2 Å². The number of carboxylic acid groups (broad SMARTS) is 2. The summed E-state index contributed by atoms with van der Waals surface area (Å²) in [5.41, 5.74) is 8.42. The third-order valence-corrected chi connectivity index (χ3v) is 3.19. The Morgan fingerprint density at radius 2 is 1.35 bits per heavy atom. The van der Waals surface area contributed by atoms with Crippen molar-refractivity contribution in [1.29, 1.82) is 0 Å². The SMILES string of the molecule is Cc1cc(N)cc(C)c1/N=N/c1cc(C(=O)O)cc(C(=O)O)c1. The van der Waals surface area contributed by atoms with Gasteiger partial charge in [0, 0.05) is 5.69 Å². The van der Waals surface area contributed by atoms with Crippen molar-refractivity contribution in [2.24, 2.45) is 10.2 Å². The quantitative estimate of drug-likeness (QED) is 0.586. The lowest BCUT2D eigenvalue weighted by atomic mass is 10.1. The average Bonchev–Trinajstić information content (AvgIpc) is 2.45. The predicted molar refractivity (Wildman–Crippen MR) is 84.9 cm³/mol. The van der Waals surface area contributed by atoms with Crippen molar-refractivity contribution in [1.82, 2.24) is 0 Å². The van der Waals surface area contributed by atoms with Gasteiger partial charge in [-0.05, 0) is 55.3 Å². The van der Waals surface area contributed by atoms with Gasteiger partial charge in [0.05, 0.1) is 22.5 Å². The third-order valence-electron chi connectivity index (χ3n) is 3.19. The van der Waals surface area contributed by atoms with Crippen LogP contribution < -0.4 is 5.73 Å².